The Morgan fingerprint density at radius 1 is 1.14 bits per heavy atom. The standard InChI is InChI=1S/C31H48N2O3/c1-20(8-11-28(35)36-4)24-9-10-25-29-26(13-15-31(24,25)3)30(2)14-12-22(17-21(30)18-27(29)34)33-19-23-7-5-6-16-32-23/h5-7,16,20-22,24-27,29,33-34H,8-15,17-19H2,1-4H3/t20-,21-,22+,24-,25?,26?,27?,29?,30+,31-/m1/s1. The lowest BCUT2D eigenvalue weighted by Crippen LogP contribution is -2.59. The third-order valence-electron chi connectivity index (χ3n) is 11.8. The lowest BCUT2D eigenvalue weighted by molar-refractivity contribution is -0.167. The topological polar surface area (TPSA) is 71.5 Å². The lowest BCUT2D eigenvalue weighted by Gasteiger charge is -2.62. The minimum absolute atomic E-state index is 0.0861. The SMILES string of the molecule is COC(=O)CC[C@@H](C)[C@H]1CCC2C3C(O)C[C@H]4C[C@@H](NCc5ccccn5)CC[C@]4(C)C3CC[C@@]21C. The number of methoxy groups -OCH3 is 1. The van der Waals surface area contributed by atoms with Crippen LogP contribution in [-0.4, -0.2) is 35.3 Å². The van der Waals surface area contributed by atoms with Crippen LogP contribution in [0.25, 0.3) is 0 Å². The highest BCUT2D eigenvalue weighted by Gasteiger charge is 2.62. The van der Waals surface area contributed by atoms with Gasteiger partial charge < -0.3 is 15.2 Å². The van der Waals surface area contributed by atoms with Crippen LogP contribution < -0.4 is 5.32 Å². The molecule has 4 fully saturated rings. The van der Waals surface area contributed by atoms with Crippen LogP contribution in [0.4, 0.5) is 0 Å². The molecule has 0 saturated heterocycles. The molecule has 4 aliphatic carbocycles. The first-order valence-electron chi connectivity index (χ1n) is 14.6. The number of fused-ring (bicyclic) bond motifs is 5. The van der Waals surface area contributed by atoms with E-state index < -0.39 is 0 Å². The van der Waals surface area contributed by atoms with Gasteiger partial charge in [0.15, 0.2) is 0 Å². The minimum atomic E-state index is -0.170. The zero-order valence-corrected chi connectivity index (χ0v) is 22.9. The molecule has 4 unspecified atom stereocenters. The maximum atomic E-state index is 11.8. The molecule has 4 aliphatic rings. The zero-order valence-electron chi connectivity index (χ0n) is 22.9. The van der Waals surface area contributed by atoms with Crippen molar-refractivity contribution in [1.29, 1.82) is 0 Å². The number of ether oxygens (including phenoxy) is 1. The van der Waals surface area contributed by atoms with Gasteiger partial charge in [-0.15, -0.1) is 0 Å². The van der Waals surface area contributed by atoms with Gasteiger partial charge in [-0.2, -0.15) is 0 Å². The van der Waals surface area contributed by atoms with Gasteiger partial charge in [0, 0.05) is 25.2 Å². The van der Waals surface area contributed by atoms with Crippen LogP contribution >= 0.6 is 0 Å². The lowest BCUT2D eigenvalue weighted by atomic mass is 9.43. The summed E-state index contributed by atoms with van der Waals surface area (Å²) in [5.74, 6) is 3.40. The molecular weight excluding hydrogens is 448 g/mol. The highest BCUT2D eigenvalue weighted by Crippen LogP contribution is 2.68. The van der Waals surface area contributed by atoms with Crippen LogP contribution in [0.3, 0.4) is 0 Å². The molecule has 1 heterocycles. The number of aliphatic hydroxyl groups excluding tert-OH is 1. The number of esters is 1. The Kier molecular flexibility index (Phi) is 7.53. The van der Waals surface area contributed by atoms with Crippen molar-refractivity contribution in [2.24, 2.45) is 46.3 Å². The molecule has 4 saturated carbocycles. The third-order valence-corrected chi connectivity index (χ3v) is 11.8. The first-order chi connectivity index (χ1) is 17.3. The molecule has 0 spiro atoms. The molecule has 5 nitrogen and oxygen atoms in total. The van der Waals surface area contributed by atoms with Crippen LogP contribution in [0.1, 0.15) is 90.7 Å². The molecule has 5 heteroatoms. The van der Waals surface area contributed by atoms with Gasteiger partial charge in [0.05, 0.1) is 18.9 Å². The summed E-state index contributed by atoms with van der Waals surface area (Å²) >= 11 is 0. The summed E-state index contributed by atoms with van der Waals surface area (Å²) in [5, 5.41) is 15.4. The smallest absolute Gasteiger partial charge is 0.305 e. The number of carbonyl (C=O) groups is 1. The van der Waals surface area contributed by atoms with Gasteiger partial charge in [0.1, 0.15) is 0 Å². The van der Waals surface area contributed by atoms with E-state index in [4.69, 9.17) is 4.74 Å². The van der Waals surface area contributed by atoms with Crippen molar-refractivity contribution >= 4 is 5.97 Å². The number of nitrogens with zero attached hydrogens (tertiary/aromatic N) is 1. The second-order valence-electron chi connectivity index (χ2n) is 13.3. The second-order valence-corrected chi connectivity index (χ2v) is 13.3. The largest absolute Gasteiger partial charge is 0.469 e. The highest BCUT2D eigenvalue weighted by molar-refractivity contribution is 5.69. The van der Waals surface area contributed by atoms with E-state index in [1.165, 1.54) is 52.1 Å². The second kappa shape index (κ2) is 10.4. The molecule has 2 N–H and O–H groups in total. The summed E-state index contributed by atoms with van der Waals surface area (Å²) in [6, 6.07) is 6.65. The minimum Gasteiger partial charge on any atom is -0.469 e. The van der Waals surface area contributed by atoms with Crippen LogP contribution in [0.5, 0.6) is 0 Å². The maximum Gasteiger partial charge on any atom is 0.305 e. The van der Waals surface area contributed by atoms with Crippen molar-refractivity contribution in [1.82, 2.24) is 10.3 Å². The van der Waals surface area contributed by atoms with E-state index in [0.717, 1.165) is 25.1 Å². The van der Waals surface area contributed by atoms with Gasteiger partial charge in [-0.3, -0.25) is 9.78 Å². The third kappa shape index (κ3) is 4.64. The molecule has 1 aromatic rings. The molecule has 5 rings (SSSR count). The molecule has 200 valence electrons. The maximum absolute atomic E-state index is 11.8. The van der Waals surface area contributed by atoms with Gasteiger partial charge in [0.2, 0.25) is 0 Å². The van der Waals surface area contributed by atoms with Gasteiger partial charge in [0.25, 0.3) is 0 Å². The Labute approximate surface area is 218 Å². The first kappa shape index (κ1) is 26.2. The Morgan fingerprint density at radius 2 is 1.92 bits per heavy atom. The van der Waals surface area contributed by atoms with Crippen molar-refractivity contribution in [3.8, 4) is 0 Å². The first-order valence-corrected chi connectivity index (χ1v) is 14.6. The average molecular weight is 497 g/mol. The average Bonchev–Trinajstić information content (AvgIpc) is 3.24. The number of aliphatic hydroxyl groups is 1. The molecule has 1 aromatic heterocycles. The summed E-state index contributed by atoms with van der Waals surface area (Å²) < 4.78 is 4.91. The fraction of sp³-hybridized carbons (Fsp3) is 0.806. The van der Waals surface area contributed by atoms with Crippen molar-refractivity contribution in [2.45, 2.75) is 104 Å². The number of rotatable bonds is 7. The van der Waals surface area contributed by atoms with Gasteiger partial charge in [-0.05, 0) is 116 Å². The van der Waals surface area contributed by atoms with Crippen LogP contribution in [0, 0.1) is 46.3 Å². The fourth-order valence-electron chi connectivity index (χ4n) is 9.78. The van der Waals surface area contributed by atoms with Crippen LogP contribution in [-0.2, 0) is 16.1 Å². The van der Waals surface area contributed by atoms with Crippen LogP contribution in [0.15, 0.2) is 24.4 Å². The summed E-state index contributed by atoms with van der Waals surface area (Å²) in [6.07, 6.45) is 12.8. The molecule has 0 aliphatic heterocycles. The molecule has 36 heavy (non-hydrogen) atoms. The quantitative estimate of drug-likeness (QED) is 0.470. The molecule has 0 aromatic carbocycles. The number of aromatic nitrogens is 1. The Morgan fingerprint density at radius 3 is 2.67 bits per heavy atom. The van der Waals surface area contributed by atoms with E-state index in [2.05, 4.69) is 43.2 Å². The normalized spacial score (nSPS) is 42.6. The predicted molar refractivity (Wildman–Crippen MR) is 142 cm³/mol. The highest BCUT2D eigenvalue weighted by atomic mass is 16.5. The predicted octanol–water partition coefficient (Wildman–Crippen LogP) is 5.76. The van der Waals surface area contributed by atoms with Gasteiger partial charge in [-0.1, -0.05) is 26.8 Å². The van der Waals surface area contributed by atoms with E-state index in [-0.39, 0.29) is 12.1 Å². The summed E-state index contributed by atoms with van der Waals surface area (Å²) in [6.45, 7) is 8.28. The van der Waals surface area contributed by atoms with Crippen molar-refractivity contribution in [3.05, 3.63) is 30.1 Å². The summed E-state index contributed by atoms with van der Waals surface area (Å²) in [4.78, 5) is 16.2. The summed E-state index contributed by atoms with van der Waals surface area (Å²) in [7, 11) is 1.49. The van der Waals surface area contributed by atoms with Gasteiger partial charge >= 0.3 is 5.97 Å². The molecule has 0 radical (unpaired) electrons. The number of pyridine rings is 1. The van der Waals surface area contributed by atoms with E-state index >= 15 is 0 Å². The zero-order chi connectivity index (χ0) is 25.5. The number of hydrogen-bond donors (Lipinski definition) is 2. The fourth-order valence-corrected chi connectivity index (χ4v) is 9.78. The molecule has 0 amide bonds. The number of nitrogens with one attached hydrogen (secondary N) is 1. The number of carbonyl (C=O) groups excluding carboxylic acids is 1. The van der Waals surface area contributed by atoms with E-state index in [1.807, 2.05) is 12.3 Å². The number of hydrogen-bond acceptors (Lipinski definition) is 5. The molecule has 10 atom stereocenters. The van der Waals surface area contributed by atoms with Crippen molar-refractivity contribution in [3.63, 3.8) is 0 Å². The Balaban J connectivity index is 1.25. The van der Waals surface area contributed by atoms with E-state index in [1.54, 1.807) is 0 Å². The van der Waals surface area contributed by atoms with E-state index in [0.29, 0.717) is 58.8 Å². The Bertz CT molecular complexity index is 908. The van der Waals surface area contributed by atoms with Crippen molar-refractivity contribution < 1.29 is 14.6 Å². The van der Waals surface area contributed by atoms with E-state index in [9.17, 15) is 9.90 Å². The molecule has 0 bridgehead atoms. The monoisotopic (exact) mass is 496 g/mol. The summed E-state index contributed by atoms with van der Waals surface area (Å²) in [5.41, 5.74) is 1.75. The van der Waals surface area contributed by atoms with Crippen LogP contribution in [0.2, 0.25) is 0 Å². The Hall–Kier alpha value is -1.46. The molecular formula is C31H48N2O3. The van der Waals surface area contributed by atoms with Crippen molar-refractivity contribution in [2.75, 3.05) is 7.11 Å². The van der Waals surface area contributed by atoms with Gasteiger partial charge in [-0.25, -0.2) is 0 Å².